The zero-order valence-electron chi connectivity index (χ0n) is 12.2. The molecule has 4 nitrogen and oxygen atoms in total. The van der Waals surface area contributed by atoms with E-state index >= 15 is 0 Å². The number of benzene rings is 1. The summed E-state index contributed by atoms with van der Waals surface area (Å²) in [6.07, 6.45) is 10.0. The van der Waals surface area contributed by atoms with Crippen molar-refractivity contribution in [1.29, 1.82) is 0 Å². The predicted molar refractivity (Wildman–Crippen MR) is 83.7 cm³/mol. The van der Waals surface area contributed by atoms with E-state index in [9.17, 15) is 0 Å². The van der Waals surface area contributed by atoms with Crippen LogP contribution >= 0.6 is 0 Å². The van der Waals surface area contributed by atoms with E-state index < -0.39 is 0 Å². The Labute approximate surface area is 121 Å². The van der Waals surface area contributed by atoms with Gasteiger partial charge in [0.25, 0.3) is 0 Å². The van der Waals surface area contributed by atoms with Gasteiger partial charge < -0.3 is 4.74 Å². The molecule has 4 heteroatoms. The lowest BCUT2D eigenvalue weighted by atomic mass is 10.2. The van der Waals surface area contributed by atoms with Crippen LogP contribution in [0.1, 0.15) is 44.6 Å². The minimum Gasteiger partial charge on any atom is -0.494 e. The van der Waals surface area contributed by atoms with Crippen molar-refractivity contribution >= 4 is 6.08 Å². The summed E-state index contributed by atoms with van der Waals surface area (Å²) in [4.78, 5) is 2.70. The Balaban J connectivity index is 2.24. The van der Waals surface area contributed by atoms with Crippen molar-refractivity contribution in [3.05, 3.63) is 46.3 Å². The van der Waals surface area contributed by atoms with Crippen molar-refractivity contribution in [2.75, 3.05) is 13.2 Å². The van der Waals surface area contributed by atoms with Gasteiger partial charge in [-0.3, -0.25) is 0 Å². The highest BCUT2D eigenvalue weighted by Crippen LogP contribution is 2.14. The number of rotatable bonds is 10. The Kier molecular flexibility index (Phi) is 8.82. The van der Waals surface area contributed by atoms with Crippen LogP contribution in [0.15, 0.2) is 35.5 Å². The molecule has 0 radical (unpaired) electrons. The molecular weight excluding hydrogens is 250 g/mol. The van der Waals surface area contributed by atoms with Gasteiger partial charge in [0.15, 0.2) is 0 Å². The quantitative estimate of drug-likeness (QED) is 0.245. The predicted octanol–water partition coefficient (Wildman–Crippen LogP) is 5.36. The van der Waals surface area contributed by atoms with Gasteiger partial charge in [-0.2, -0.15) is 0 Å². The summed E-state index contributed by atoms with van der Waals surface area (Å²) in [6, 6.07) is 7.94. The summed E-state index contributed by atoms with van der Waals surface area (Å²) in [7, 11) is 0. The molecule has 0 saturated heterocycles. The maximum absolute atomic E-state index is 8.16. The number of ether oxygens (including phenoxy) is 1. The smallest absolute Gasteiger partial charge is 0.119 e. The summed E-state index contributed by atoms with van der Waals surface area (Å²) in [5.41, 5.74) is 9.24. The van der Waals surface area contributed by atoms with Gasteiger partial charge in [-0.15, -0.1) is 0 Å². The number of hydrogen-bond donors (Lipinski definition) is 0. The van der Waals surface area contributed by atoms with Gasteiger partial charge in [0.2, 0.25) is 0 Å². The summed E-state index contributed by atoms with van der Waals surface area (Å²) >= 11 is 0. The molecule has 0 spiro atoms. The molecule has 108 valence electrons. The Bertz CT molecular complexity index is 434. The first-order valence-corrected chi connectivity index (χ1v) is 7.27. The Hall–Kier alpha value is -1.93. The molecule has 0 unspecified atom stereocenters. The molecule has 0 atom stereocenters. The van der Waals surface area contributed by atoms with Crippen molar-refractivity contribution in [2.45, 2.75) is 39.0 Å². The highest BCUT2D eigenvalue weighted by molar-refractivity contribution is 5.50. The van der Waals surface area contributed by atoms with E-state index in [1.807, 2.05) is 36.4 Å². The number of azide groups is 1. The van der Waals surface area contributed by atoms with Crippen LogP contribution in [0.5, 0.6) is 5.75 Å². The number of unbranched alkanes of at least 4 members (excludes halogenated alkanes) is 4. The third-order valence-electron chi connectivity index (χ3n) is 2.96. The number of hydrogen-bond acceptors (Lipinski definition) is 2. The lowest BCUT2D eigenvalue weighted by Crippen LogP contribution is -1.97. The van der Waals surface area contributed by atoms with Gasteiger partial charge in [0.05, 0.1) is 6.61 Å². The van der Waals surface area contributed by atoms with Crippen molar-refractivity contribution in [3.63, 3.8) is 0 Å². The SMILES string of the molecule is CCCCCCCOc1ccc(C=CCN=[N+]=[N-])cc1. The van der Waals surface area contributed by atoms with Crippen LogP contribution < -0.4 is 4.74 Å². The first-order valence-electron chi connectivity index (χ1n) is 7.27. The maximum atomic E-state index is 8.16. The van der Waals surface area contributed by atoms with E-state index in [-0.39, 0.29) is 0 Å². The second-order valence-corrected chi connectivity index (χ2v) is 4.65. The van der Waals surface area contributed by atoms with Gasteiger partial charge in [0, 0.05) is 11.5 Å². The average molecular weight is 273 g/mol. The lowest BCUT2D eigenvalue weighted by molar-refractivity contribution is 0.304. The molecule has 0 bridgehead atoms. The van der Waals surface area contributed by atoms with Crippen LogP contribution in [0.25, 0.3) is 16.5 Å². The van der Waals surface area contributed by atoms with Crippen LogP contribution in [0, 0.1) is 0 Å². The second-order valence-electron chi connectivity index (χ2n) is 4.65. The molecule has 0 aliphatic rings. The Morgan fingerprint density at radius 1 is 1.15 bits per heavy atom. The van der Waals surface area contributed by atoms with Crippen molar-refractivity contribution in [3.8, 4) is 5.75 Å². The molecule has 1 aromatic rings. The van der Waals surface area contributed by atoms with Crippen molar-refractivity contribution < 1.29 is 4.74 Å². The molecule has 0 saturated carbocycles. The summed E-state index contributed by atoms with van der Waals surface area (Å²) in [6.45, 7) is 3.39. The highest BCUT2D eigenvalue weighted by atomic mass is 16.5. The maximum Gasteiger partial charge on any atom is 0.119 e. The summed E-state index contributed by atoms with van der Waals surface area (Å²) in [5, 5.41) is 3.44. The topological polar surface area (TPSA) is 58.0 Å². The normalized spacial score (nSPS) is 10.4. The first kappa shape index (κ1) is 16.1. The molecule has 0 N–H and O–H groups in total. The van der Waals surface area contributed by atoms with E-state index in [1.165, 1.54) is 25.7 Å². The zero-order valence-corrected chi connectivity index (χ0v) is 12.2. The molecule has 0 aliphatic heterocycles. The van der Waals surface area contributed by atoms with Crippen LogP contribution in [-0.2, 0) is 0 Å². The fraction of sp³-hybridized carbons (Fsp3) is 0.500. The van der Waals surface area contributed by atoms with Crippen LogP contribution in [0.3, 0.4) is 0 Å². The molecule has 0 aliphatic carbocycles. The summed E-state index contributed by atoms with van der Waals surface area (Å²) < 4.78 is 5.69. The molecule has 1 aromatic carbocycles. The molecule has 0 fully saturated rings. The Morgan fingerprint density at radius 3 is 2.60 bits per heavy atom. The van der Waals surface area contributed by atoms with E-state index in [2.05, 4.69) is 16.9 Å². The molecule has 0 heterocycles. The third-order valence-corrected chi connectivity index (χ3v) is 2.96. The van der Waals surface area contributed by atoms with Gasteiger partial charge >= 0.3 is 0 Å². The first-order chi connectivity index (χ1) is 9.86. The molecule has 20 heavy (non-hydrogen) atoms. The monoisotopic (exact) mass is 273 g/mol. The van der Waals surface area contributed by atoms with Gasteiger partial charge in [-0.05, 0) is 29.6 Å². The highest BCUT2D eigenvalue weighted by Gasteiger charge is 1.94. The van der Waals surface area contributed by atoms with Crippen LogP contribution in [-0.4, -0.2) is 13.2 Å². The van der Waals surface area contributed by atoms with E-state index in [0.29, 0.717) is 6.54 Å². The molecule has 1 rings (SSSR count). The van der Waals surface area contributed by atoms with Gasteiger partial charge in [-0.1, -0.05) is 62.0 Å². The fourth-order valence-electron chi connectivity index (χ4n) is 1.84. The molecule has 0 amide bonds. The third kappa shape index (κ3) is 7.49. The fourth-order valence-corrected chi connectivity index (χ4v) is 1.84. The minimum atomic E-state index is 0.381. The van der Waals surface area contributed by atoms with E-state index in [0.717, 1.165) is 24.3 Å². The van der Waals surface area contributed by atoms with Crippen molar-refractivity contribution in [1.82, 2.24) is 0 Å². The largest absolute Gasteiger partial charge is 0.494 e. The van der Waals surface area contributed by atoms with Crippen LogP contribution in [0.2, 0.25) is 0 Å². The average Bonchev–Trinajstić information content (AvgIpc) is 2.49. The Morgan fingerprint density at radius 2 is 1.90 bits per heavy atom. The minimum absolute atomic E-state index is 0.381. The summed E-state index contributed by atoms with van der Waals surface area (Å²) in [5.74, 6) is 0.910. The standard InChI is InChI=1S/C16H23N3O/c1-2-3-4-5-6-14-20-16-11-9-15(10-12-16)8-7-13-18-19-17/h7-12H,2-6,13-14H2,1H3. The van der Waals surface area contributed by atoms with Crippen molar-refractivity contribution in [2.24, 2.45) is 5.11 Å². The second kappa shape index (κ2) is 10.9. The lowest BCUT2D eigenvalue weighted by Gasteiger charge is -2.06. The molecule has 0 aromatic heterocycles. The van der Waals surface area contributed by atoms with Gasteiger partial charge in [0.1, 0.15) is 5.75 Å². The van der Waals surface area contributed by atoms with Crippen LogP contribution in [0.4, 0.5) is 0 Å². The van der Waals surface area contributed by atoms with E-state index in [1.54, 1.807) is 0 Å². The zero-order chi connectivity index (χ0) is 14.5. The molecular formula is C16H23N3O. The number of nitrogens with zero attached hydrogens (tertiary/aromatic N) is 3. The van der Waals surface area contributed by atoms with Gasteiger partial charge in [-0.25, -0.2) is 0 Å². The van der Waals surface area contributed by atoms with E-state index in [4.69, 9.17) is 10.3 Å².